The summed E-state index contributed by atoms with van der Waals surface area (Å²) in [5.41, 5.74) is 0. The van der Waals surface area contributed by atoms with Gasteiger partial charge in [0.05, 0.1) is 6.26 Å². The van der Waals surface area contributed by atoms with Gasteiger partial charge in [-0.3, -0.25) is 4.31 Å². The predicted molar refractivity (Wildman–Crippen MR) is 44.5 cm³/mol. The van der Waals surface area contributed by atoms with E-state index >= 15 is 0 Å². The van der Waals surface area contributed by atoms with Gasteiger partial charge in [-0.05, 0) is 12.3 Å². The van der Waals surface area contributed by atoms with Crippen LogP contribution in [-0.2, 0) is 10.0 Å². The lowest BCUT2D eigenvalue weighted by Crippen LogP contribution is -2.29. The molecule has 0 saturated carbocycles. The lowest BCUT2D eigenvalue weighted by atomic mass is 10.1. The molecule has 0 fully saturated rings. The average Bonchev–Trinajstić information content (AvgIpc) is 1.86. The minimum atomic E-state index is -3.00. The van der Waals surface area contributed by atoms with E-state index in [0.29, 0.717) is 12.5 Å². The molecule has 0 aliphatic carbocycles. The summed E-state index contributed by atoms with van der Waals surface area (Å²) >= 11 is 0. The van der Waals surface area contributed by atoms with Crippen molar-refractivity contribution in [2.24, 2.45) is 5.92 Å². The average molecular weight is 175 g/mol. The molecule has 0 spiro atoms. The summed E-state index contributed by atoms with van der Waals surface area (Å²) in [5, 5.41) is 0. The second-order valence-electron chi connectivity index (χ2n) is 2.98. The normalized spacial score (nSPS) is 25.6. The Hall–Kier alpha value is -0.510. The topological polar surface area (TPSA) is 37.4 Å². The van der Waals surface area contributed by atoms with Crippen molar-refractivity contribution in [2.75, 3.05) is 12.8 Å². The van der Waals surface area contributed by atoms with Gasteiger partial charge in [0, 0.05) is 12.7 Å². The van der Waals surface area contributed by atoms with Crippen LogP contribution in [0, 0.1) is 5.92 Å². The first-order valence-electron chi connectivity index (χ1n) is 3.65. The van der Waals surface area contributed by atoms with Gasteiger partial charge in [0.15, 0.2) is 0 Å². The summed E-state index contributed by atoms with van der Waals surface area (Å²) in [7, 11) is -3.00. The molecule has 1 rings (SSSR count). The maximum atomic E-state index is 11.0. The van der Waals surface area contributed by atoms with Crippen LogP contribution in [0.2, 0.25) is 0 Å². The Bertz CT molecular complexity index is 256. The van der Waals surface area contributed by atoms with Crippen molar-refractivity contribution in [1.82, 2.24) is 4.31 Å². The van der Waals surface area contributed by atoms with Gasteiger partial charge >= 0.3 is 0 Å². The largest absolute Gasteiger partial charge is 0.278 e. The molecular formula is C7H13NO2S. The van der Waals surface area contributed by atoms with E-state index in [1.165, 1.54) is 10.6 Å². The fourth-order valence-corrected chi connectivity index (χ4v) is 1.75. The van der Waals surface area contributed by atoms with Crippen LogP contribution in [0.25, 0.3) is 0 Å². The summed E-state index contributed by atoms with van der Waals surface area (Å²) < 4.78 is 23.3. The lowest BCUT2D eigenvalue weighted by Gasteiger charge is -2.23. The minimum absolute atomic E-state index is 0.507. The standard InChI is InChI=1S/C7H13NO2S/c1-7-3-5-8(6-4-7)11(2,9)10/h3,5,7H,4,6H2,1-2H3. The maximum Gasteiger partial charge on any atom is 0.231 e. The van der Waals surface area contributed by atoms with Crippen LogP contribution in [0.3, 0.4) is 0 Å². The Kier molecular flexibility index (Phi) is 2.23. The fourth-order valence-electron chi connectivity index (χ4n) is 1.02. The summed E-state index contributed by atoms with van der Waals surface area (Å²) in [5.74, 6) is 0.507. The third-order valence-corrected chi connectivity index (χ3v) is 2.97. The molecule has 1 aliphatic heterocycles. The Morgan fingerprint density at radius 3 is 2.55 bits per heavy atom. The van der Waals surface area contributed by atoms with Crippen LogP contribution in [0.4, 0.5) is 0 Å². The van der Waals surface area contributed by atoms with Crippen LogP contribution in [0.15, 0.2) is 12.3 Å². The lowest BCUT2D eigenvalue weighted by molar-refractivity contribution is 0.444. The molecule has 0 aromatic rings. The number of nitrogens with zero attached hydrogens (tertiary/aromatic N) is 1. The van der Waals surface area contributed by atoms with E-state index < -0.39 is 10.0 Å². The van der Waals surface area contributed by atoms with Crippen molar-refractivity contribution < 1.29 is 8.42 Å². The van der Waals surface area contributed by atoms with E-state index in [9.17, 15) is 8.42 Å². The van der Waals surface area contributed by atoms with Gasteiger partial charge in [0.1, 0.15) is 0 Å². The molecular weight excluding hydrogens is 162 g/mol. The third kappa shape index (κ3) is 2.22. The van der Waals surface area contributed by atoms with Crippen LogP contribution < -0.4 is 0 Å². The van der Waals surface area contributed by atoms with Gasteiger partial charge in [0.2, 0.25) is 10.0 Å². The first kappa shape index (κ1) is 8.59. The van der Waals surface area contributed by atoms with Crippen molar-refractivity contribution in [2.45, 2.75) is 13.3 Å². The van der Waals surface area contributed by atoms with Crippen LogP contribution >= 0.6 is 0 Å². The van der Waals surface area contributed by atoms with Crippen molar-refractivity contribution in [3.63, 3.8) is 0 Å². The van der Waals surface area contributed by atoms with E-state index in [1.54, 1.807) is 6.20 Å². The monoisotopic (exact) mass is 175 g/mol. The highest BCUT2D eigenvalue weighted by atomic mass is 32.2. The molecule has 0 N–H and O–H groups in total. The molecule has 0 radical (unpaired) electrons. The third-order valence-electron chi connectivity index (χ3n) is 1.81. The zero-order valence-electron chi connectivity index (χ0n) is 6.82. The summed E-state index contributed by atoms with van der Waals surface area (Å²) in [4.78, 5) is 0. The highest BCUT2D eigenvalue weighted by Crippen LogP contribution is 2.14. The molecule has 1 heterocycles. The Morgan fingerprint density at radius 1 is 1.55 bits per heavy atom. The summed E-state index contributed by atoms with van der Waals surface area (Å²) in [6.07, 6.45) is 5.73. The van der Waals surface area contributed by atoms with Gasteiger partial charge in [-0.1, -0.05) is 13.0 Å². The molecule has 1 aliphatic rings. The Labute approximate surface area is 67.8 Å². The highest BCUT2D eigenvalue weighted by molar-refractivity contribution is 7.88. The molecule has 0 amide bonds. The molecule has 0 aromatic carbocycles. The highest BCUT2D eigenvalue weighted by Gasteiger charge is 2.16. The SMILES string of the molecule is CC1C=CN(S(C)(=O)=O)CC1. The summed E-state index contributed by atoms with van der Waals surface area (Å²) in [6.45, 7) is 2.70. The fraction of sp³-hybridized carbons (Fsp3) is 0.714. The number of hydrogen-bond acceptors (Lipinski definition) is 2. The molecule has 3 nitrogen and oxygen atoms in total. The molecule has 11 heavy (non-hydrogen) atoms. The molecule has 4 heteroatoms. The molecule has 0 saturated heterocycles. The molecule has 1 unspecified atom stereocenters. The second kappa shape index (κ2) is 2.85. The van der Waals surface area contributed by atoms with Gasteiger partial charge in [-0.15, -0.1) is 0 Å². The van der Waals surface area contributed by atoms with Crippen LogP contribution in [0.5, 0.6) is 0 Å². The number of rotatable bonds is 1. The van der Waals surface area contributed by atoms with E-state index in [-0.39, 0.29) is 0 Å². The quantitative estimate of drug-likeness (QED) is 0.591. The maximum absolute atomic E-state index is 11.0. The molecule has 64 valence electrons. The molecule has 0 aromatic heterocycles. The zero-order chi connectivity index (χ0) is 8.48. The van der Waals surface area contributed by atoms with Crippen LogP contribution in [-0.4, -0.2) is 25.5 Å². The molecule has 1 atom stereocenters. The zero-order valence-corrected chi connectivity index (χ0v) is 7.63. The van der Waals surface area contributed by atoms with E-state index in [0.717, 1.165) is 6.42 Å². The van der Waals surface area contributed by atoms with Crippen molar-refractivity contribution >= 4 is 10.0 Å². The van der Waals surface area contributed by atoms with Gasteiger partial charge < -0.3 is 0 Å². The Balaban J connectivity index is 2.73. The van der Waals surface area contributed by atoms with Crippen molar-refractivity contribution in [3.8, 4) is 0 Å². The van der Waals surface area contributed by atoms with Crippen molar-refractivity contribution in [1.29, 1.82) is 0 Å². The van der Waals surface area contributed by atoms with Crippen LogP contribution in [0.1, 0.15) is 13.3 Å². The van der Waals surface area contributed by atoms with E-state index in [4.69, 9.17) is 0 Å². The number of sulfonamides is 1. The Morgan fingerprint density at radius 2 is 2.18 bits per heavy atom. The van der Waals surface area contributed by atoms with E-state index in [2.05, 4.69) is 6.92 Å². The second-order valence-corrected chi connectivity index (χ2v) is 4.92. The van der Waals surface area contributed by atoms with Gasteiger partial charge in [-0.2, -0.15) is 0 Å². The minimum Gasteiger partial charge on any atom is -0.278 e. The van der Waals surface area contributed by atoms with Crippen molar-refractivity contribution in [3.05, 3.63) is 12.3 Å². The number of hydrogen-bond donors (Lipinski definition) is 0. The predicted octanol–water partition coefficient (Wildman–Crippen LogP) is 0.802. The first-order valence-corrected chi connectivity index (χ1v) is 5.50. The smallest absolute Gasteiger partial charge is 0.231 e. The number of allylic oxidation sites excluding steroid dienone is 1. The van der Waals surface area contributed by atoms with E-state index in [1.807, 2.05) is 6.08 Å². The van der Waals surface area contributed by atoms with Gasteiger partial charge in [-0.25, -0.2) is 8.42 Å². The first-order chi connectivity index (χ1) is 5.00. The molecule has 0 bridgehead atoms. The summed E-state index contributed by atoms with van der Waals surface area (Å²) in [6, 6.07) is 0. The van der Waals surface area contributed by atoms with Gasteiger partial charge in [0.25, 0.3) is 0 Å².